The molecule has 0 saturated heterocycles. The van der Waals surface area contributed by atoms with Crippen LogP contribution in [0.5, 0.6) is 5.88 Å². The third kappa shape index (κ3) is 11.0. The molecule has 0 bridgehead atoms. The SMILES string of the molecule is CC.CCCN(CCC)c1cc(N)nc(OCCc2cccs2)c1.Cc1cccc(C=N)c1. The van der Waals surface area contributed by atoms with Gasteiger partial charge in [0.1, 0.15) is 5.82 Å². The van der Waals surface area contributed by atoms with Gasteiger partial charge in [-0.1, -0.05) is 63.6 Å². The number of pyridine rings is 1. The van der Waals surface area contributed by atoms with Gasteiger partial charge in [0.05, 0.1) is 6.61 Å². The maximum atomic E-state index is 6.92. The molecule has 0 amide bonds. The van der Waals surface area contributed by atoms with Gasteiger partial charge >= 0.3 is 0 Å². The summed E-state index contributed by atoms with van der Waals surface area (Å²) in [5, 5.41) is 9.00. The highest BCUT2D eigenvalue weighted by Gasteiger charge is 2.09. The van der Waals surface area contributed by atoms with Gasteiger partial charge in [0.2, 0.25) is 5.88 Å². The maximum Gasteiger partial charge on any atom is 0.217 e. The highest BCUT2D eigenvalue weighted by atomic mass is 32.1. The van der Waals surface area contributed by atoms with Crippen LogP contribution in [0.2, 0.25) is 0 Å². The number of aryl methyl sites for hydroxylation is 1. The number of nitrogens with one attached hydrogen (secondary N) is 1. The predicted molar refractivity (Wildman–Crippen MR) is 145 cm³/mol. The molecule has 0 spiro atoms. The molecule has 0 unspecified atom stereocenters. The van der Waals surface area contributed by atoms with Gasteiger partial charge in [-0.2, -0.15) is 4.98 Å². The number of nitrogen functional groups attached to an aromatic ring is 1. The number of aromatic nitrogens is 1. The molecule has 2 aromatic heterocycles. The van der Waals surface area contributed by atoms with Gasteiger partial charge in [0.25, 0.3) is 0 Å². The molecule has 180 valence electrons. The molecule has 3 N–H and O–H groups in total. The fourth-order valence-electron chi connectivity index (χ4n) is 3.15. The summed E-state index contributed by atoms with van der Waals surface area (Å²) in [6.07, 6.45) is 4.47. The zero-order chi connectivity index (χ0) is 24.5. The largest absolute Gasteiger partial charge is 0.477 e. The minimum absolute atomic E-state index is 0.515. The van der Waals surface area contributed by atoms with Crippen LogP contribution in [0, 0.1) is 12.3 Å². The number of benzene rings is 1. The summed E-state index contributed by atoms with van der Waals surface area (Å²) < 4.78 is 5.80. The molecule has 0 aliphatic carbocycles. The Morgan fingerprint density at radius 1 is 1.06 bits per heavy atom. The minimum atomic E-state index is 0.515. The Morgan fingerprint density at radius 3 is 2.33 bits per heavy atom. The van der Waals surface area contributed by atoms with E-state index in [4.69, 9.17) is 15.9 Å². The topological polar surface area (TPSA) is 75.2 Å². The quantitative estimate of drug-likeness (QED) is 0.314. The minimum Gasteiger partial charge on any atom is -0.477 e. The number of hydrogen-bond acceptors (Lipinski definition) is 6. The molecule has 0 saturated carbocycles. The third-order valence-corrected chi connectivity index (χ3v) is 5.48. The van der Waals surface area contributed by atoms with E-state index in [1.807, 2.05) is 57.2 Å². The van der Waals surface area contributed by atoms with Gasteiger partial charge in [-0.15, -0.1) is 11.3 Å². The normalized spacial score (nSPS) is 9.73. The lowest BCUT2D eigenvalue weighted by Crippen LogP contribution is -2.25. The lowest BCUT2D eigenvalue weighted by Gasteiger charge is -2.24. The first-order valence-electron chi connectivity index (χ1n) is 11.8. The van der Waals surface area contributed by atoms with E-state index in [0.717, 1.165) is 43.6 Å². The van der Waals surface area contributed by atoms with E-state index in [1.54, 1.807) is 11.3 Å². The number of ether oxygens (including phenoxy) is 1. The third-order valence-electron chi connectivity index (χ3n) is 4.55. The Labute approximate surface area is 204 Å². The molecule has 0 aliphatic heterocycles. The zero-order valence-corrected chi connectivity index (χ0v) is 21.6. The monoisotopic (exact) mass is 468 g/mol. The highest BCUT2D eigenvalue weighted by Crippen LogP contribution is 2.23. The molecule has 2 heterocycles. The smallest absolute Gasteiger partial charge is 0.217 e. The van der Waals surface area contributed by atoms with Crippen LogP contribution < -0.4 is 15.4 Å². The van der Waals surface area contributed by atoms with Crippen molar-refractivity contribution in [2.24, 2.45) is 0 Å². The summed E-state index contributed by atoms with van der Waals surface area (Å²) >= 11 is 1.75. The molecule has 3 rings (SSSR count). The Bertz CT molecular complexity index is 906. The summed E-state index contributed by atoms with van der Waals surface area (Å²) in [6.45, 7) is 13.1. The molecular formula is C27H40N4OS. The predicted octanol–water partition coefficient (Wildman–Crippen LogP) is 6.99. The van der Waals surface area contributed by atoms with Crippen molar-refractivity contribution in [1.82, 2.24) is 4.98 Å². The molecule has 6 heteroatoms. The fourth-order valence-corrected chi connectivity index (χ4v) is 3.84. The van der Waals surface area contributed by atoms with E-state index in [-0.39, 0.29) is 0 Å². The van der Waals surface area contributed by atoms with Gasteiger partial charge in [0, 0.05) is 48.4 Å². The van der Waals surface area contributed by atoms with Crippen LogP contribution in [-0.4, -0.2) is 30.9 Å². The molecule has 1 aromatic carbocycles. The van der Waals surface area contributed by atoms with E-state index in [0.29, 0.717) is 18.3 Å². The first-order chi connectivity index (χ1) is 16.0. The number of nitrogens with two attached hydrogens (primary N) is 1. The number of nitrogens with zero attached hydrogens (tertiary/aromatic N) is 2. The van der Waals surface area contributed by atoms with Crippen molar-refractivity contribution >= 4 is 29.1 Å². The van der Waals surface area contributed by atoms with E-state index in [9.17, 15) is 0 Å². The second-order valence-electron chi connectivity index (χ2n) is 7.31. The average Bonchev–Trinajstić information content (AvgIpc) is 3.34. The standard InChI is InChI=1S/C17H25N3OS.C8H9N.C2H6/c1-3-8-20(9-4-2)14-12-16(18)19-17(13-14)21-10-7-15-6-5-11-22-15;1-7-3-2-4-8(5-7)6-9;1-2/h5-6,11-13H,3-4,7-10H2,1-2H3,(H2,18,19);2-6,9H,1H3;1-2H3. The lowest BCUT2D eigenvalue weighted by molar-refractivity contribution is 0.311. The first-order valence-corrected chi connectivity index (χ1v) is 12.7. The fraction of sp³-hybridized carbons (Fsp3) is 0.407. The van der Waals surface area contributed by atoms with Gasteiger partial charge in [-0.05, 0) is 36.8 Å². The van der Waals surface area contributed by atoms with Gasteiger partial charge in [0.15, 0.2) is 0 Å². The molecule has 33 heavy (non-hydrogen) atoms. The van der Waals surface area contributed by atoms with E-state index < -0.39 is 0 Å². The summed E-state index contributed by atoms with van der Waals surface area (Å²) in [4.78, 5) is 7.95. The Balaban J connectivity index is 0.000000412. The van der Waals surface area contributed by atoms with Crippen LogP contribution in [-0.2, 0) is 6.42 Å². The average molecular weight is 469 g/mol. The molecule has 0 aliphatic rings. The van der Waals surface area contributed by atoms with Crippen molar-refractivity contribution in [2.75, 3.05) is 30.3 Å². The van der Waals surface area contributed by atoms with Crippen molar-refractivity contribution in [2.45, 2.75) is 53.9 Å². The second-order valence-corrected chi connectivity index (χ2v) is 8.34. The van der Waals surface area contributed by atoms with E-state index >= 15 is 0 Å². The summed E-state index contributed by atoms with van der Waals surface area (Å²) in [7, 11) is 0. The van der Waals surface area contributed by atoms with Crippen LogP contribution in [0.4, 0.5) is 11.5 Å². The number of thiophene rings is 1. The van der Waals surface area contributed by atoms with Crippen molar-refractivity contribution < 1.29 is 4.74 Å². The molecule has 0 atom stereocenters. The van der Waals surface area contributed by atoms with E-state index in [2.05, 4.69) is 41.2 Å². The Kier molecular flexibility index (Phi) is 14.3. The Morgan fingerprint density at radius 2 is 1.79 bits per heavy atom. The van der Waals surface area contributed by atoms with Crippen LogP contribution in [0.1, 0.15) is 56.5 Å². The number of hydrogen-bond donors (Lipinski definition) is 2. The van der Waals surface area contributed by atoms with Crippen molar-refractivity contribution in [1.29, 1.82) is 5.41 Å². The molecule has 0 fully saturated rings. The summed E-state index contributed by atoms with van der Waals surface area (Å²) in [6, 6.07) is 16.0. The van der Waals surface area contributed by atoms with Crippen LogP contribution in [0.25, 0.3) is 0 Å². The van der Waals surface area contributed by atoms with Crippen LogP contribution in [0.15, 0.2) is 53.9 Å². The van der Waals surface area contributed by atoms with Crippen LogP contribution in [0.3, 0.4) is 0 Å². The van der Waals surface area contributed by atoms with Crippen molar-refractivity contribution in [3.8, 4) is 5.88 Å². The van der Waals surface area contributed by atoms with Crippen molar-refractivity contribution in [3.63, 3.8) is 0 Å². The van der Waals surface area contributed by atoms with Crippen molar-refractivity contribution in [3.05, 3.63) is 69.9 Å². The molecule has 5 nitrogen and oxygen atoms in total. The summed E-state index contributed by atoms with van der Waals surface area (Å²) in [5.74, 6) is 1.13. The van der Waals surface area contributed by atoms with E-state index in [1.165, 1.54) is 16.7 Å². The lowest BCUT2D eigenvalue weighted by atomic mass is 10.2. The zero-order valence-electron chi connectivity index (χ0n) is 20.8. The van der Waals surface area contributed by atoms with Gasteiger partial charge in [-0.3, -0.25) is 0 Å². The molecule has 3 aromatic rings. The molecular weight excluding hydrogens is 428 g/mol. The molecule has 0 radical (unpaired) electrons. The van der Waals surface area contributed by atoms with Gasteiger partial charge < -0.3 is 20.8 Å². The Hall–Kier alpha value is -2.86. The maximum absolute atomic E-state index is 6.92. The van der Waals surface area contributed by atoms with Gasteiger partial charge in [-0.25, -0.2) is 0 Å². The summed E-state index contributed by atoms with van der Waals surface area (Å²) in [5.41, 5.74) is 9.21. The second kappa shape index (κ2) is 16.7. The number of rotatable bonds is 10. The first kappa shape index (κ1) is 28.2. The van der Waals surface area contributed by atoms with Crippen LogP contribution >= 0.6 is 11.3 Å². The number of anilines is 2. The highest BCUT2D eigenvalue weighted by molar-refractivity contribution is 7.09.